The number of carbonyl (C=O) groups excluding carboxylic acids is 1. The van der Waals surface area contributed by atoms with Gasteiger partial charge in [-0.25, -0.2) is 13.1 Å². The van der Waals surface area contributed by atoms with Gasteiger partial charge in [0, 0.05) is 11.1 Å². The minimum absolute atomic E-state index is 0.121. The van der Waals surface area contributed by atoms with Crippen molar-refractivity contribution >= 4 is 15.8 Å². The van der Waals surface area contributed by atoms with Gasteiger partial charge in [-0.1, -0.05) is 48.0 Å². The van der Waals surface area contributed by atoms with Gasteiger partial charge in [-0.3, -0.25) is 4.79 Å². The lowest BCUT2D eigenvalue weighted by molar-refractivity contribution is -0.118. The van der Waals surface area contributed by atoms with Crippen molar-refractivity contribution in [3.05, 3.63) is 83.4 Å². The Morgan fingerprint density at radius 2 is 1.70 bits per heavy atom. The molecule has 0 bridgehead atoms. The summed E-state index contributed by atoms with van der Waals surface area (Å²) in [7, 11) is -2.27. The van der Waals surface area contributed by atoms with E-state index >= 15 is 0 Å². The summed E-state index contributed by atoms with van der Waals surface area (Å²) >= 11 is 0. The molecule has 0 saturated heterocycles. The van der Waals surface area contributed by atoms with Crippen molar-refractivity contribution in [2.24, 2.45) is 0 Å². The van der Waals surface area contributed by atoms with E-state index in [9.17, 15) is 13.2 Å². The van der Waals surface area contributed by atoms with Crippen LogP contribution in [0.5, 0.6) is 17.2 Å². The molecule has 0 amide bonds. The lowest BCUT2D eigenvalue weighted by Crippen LogP contribution is -2.33. The molecule has 0 fully saturated rings. The van der Waals surface area contributed by atoms with E-state index in [1.54, 1.807) is 36.4 Å². The fourth-order valence-electron chi connectivity index (χ4n) is 3.54. The number of hydrogen-bond donors (Lipinski definition) is 1. The standard InChI is InChI=1S/C23H21NO5S/c1-15-10-12-16(13-11-15)30(26,27)24-14-19(25)22-17-6-3-4-8-20(17)29-23-18(22)7-5-9-21(23)28-2/h3-13,22,24H,14H2,1-2H3. The molecule has 0 aliphatic carbocycles. The zero-order valence-electron chi connectivity index (χ0n) is 16.6. The predicted molar refractivity (Wildman–Crippen MR) is 113 cm³/mol. The summed E-state index contributed by atoms with van der Waals surface area (Å²) in [6.07, 6.45) is 0. The molecule has 4 rings (SSSR count). The molecule has 0 radical (unpaired) electrons. The Morgan fingerprint density at radius 1 is 1.00 bits per heavy atom. The number of Topliss-reactive ketones (excluding diaryl/α,β-unsaturated/α-hetero) is 1. The average Bonchev–Trinajstić information content (AvgIpc) is 2.75. The van der Waals surface area contributed by atoms with Crippen molar-refractivity contribution in [3.63, 3.8) is 0 Å². The van der Waals surface area contributed by atoms with Crippen molar-refractivity contribution < 1.29 is 22.7 Å². The van der Waals surface area contributed by atoms with E-state index in [0.717, 1.165) is 5.56 Å². The van der Waals surface area contributed by atoms with Crippen LogP contribution < -0.4 is 14.2 Å². The molecule has 30 heavy (non-hydrogen) atoms. The van der Waals surface area contributed by atoms with E-state index in [-0.39, 0.29) is 17.2 Å². The van der Waals surface area contributed by atoms with Crippen LogP contribution in [0, 0.1) is 6.92 Å². The number of carbonyl (C=O) groups is 1. The van der Waals surface area contributed by atoms with Crippen LogP contribution in [0.3, 0.4) is 0 Å². The molecule has 1 unspecified atom stereocenters. The maximum absolute atomic E-state index is 13.2. The summed E-state index contributed by atoms with van der Waals surface area (Å²) in [6, 6.07) is 19.0. The fourth-order valence-corrected chi connectivity index (χ4v) is 4.53. The lowest BCUT2D eigenvalue weighted by atomic mass is 9.84. The molecule has 3 aromatic rings. The Kier molecular flexibility index (Phi) is 5.32. The SMILES string of the molecule is COc1cccc2c1Oc1ccccc1C2C(=O)CNS(=O)(=O)c1ccc(C)cc1. The highest BCUT2D eigenvalue weighted by atomic mass is 32.2. The number of fused-ring (bicyclic) bond motifs is 2. The minimum atomic E-state index is -3.81. The second-order valence-electron chi connectivity index (χ2n) is 7.06. The molecule has 7 heteroatoms. The third kappa shape index (κ3) is 3.69. The highest BCUT2D eigenvalue weighted by Crippen LogP contribution is 2.48. The number of para-hydroxylation sites is 2. The second kappa shape index (κ2) is 7.93. The predicted octanol–water partition coefficient (Wildman–Crippen LogP) is 3.79. The first-order valence-corrected chi connectivity index (χ1v) is 10.9. The Bertz CT molecular complexity index is 1200. The van der Waals surface area contributed by atoms with E-state index in [1.165, 1.54) is 19.2 Å². The summed E-state index contributed by atoms with van der Waals surface area (Å²) < 4.78 is 39.0. The molecule has 0 spiro atoms. The number of hydrogen-bond acceptors (Lipinski definition) is 5. The first-order valence-electron chi connectivity index (χ1n) is 9.43. The number of benzene rings is 3. The van der Waals surface area contributed by atoms with Crippen LogP contribution in [-0.4, -0.2) is 27.9 Å². The second-order valence-corrected chi connectivity index (χ2v) is 8.82. The number of nitrogens with one attached hydrogen (secondary N) is 1. The molecular weight excluding hydrogens is 402 g/mol. The normalized spacial score (nSPS) is 14.9. The summed E-state index contributed by atoms with van der Waals surface area (Å²) in [6.45, 7) is 1.54. The third-order valence-corrected chi connectivity index (χ3v) is 6.49. The molecule has 0 saturated carbocycles. The molecule has 1 atom stereocenters. The van der Waals surface area contributed by atoms with Gasteiger partial charge < -0.3 is 9.47 Å². The molecule has 6 nitrogen and oxygen atoms in total. The maximum Gasteiger partial charge on any atom is 0.240 e. The van der Waals surface area contributed by atoms with Crippen LogP contribution >= 0.6 is 0 Å². The van der Waals surface area contributed by atoms with Crippen LogP contribution in [0.15, 0.2) is 71.6 Å². The number of sulfonamides is 1. The van der Waals surface area contributed by atoms with Crippen molar-refractivity contribution in [2.75, 3.05) is 13.7 Å². The van der Waals surface area contributed by atoms with Crippen LogP contribution in [0.1, 0.15) is 22.6 Å². The van der Waals surface area contributed by atoms with Crippen LogP contribution in [0.25, 0.3) is 0 Å². The summed E-state index contributed by atoms with van der Waals surface area (Å²) in [4.78, 5) is 13.4. The van der Waals surface area contributed by atoms with E-state index in [4.69, 9.17) is 9.47 Å². The van der Waals surface area contributed by atoms with E-state index in [0.29, 0.717) is 28.4 Å². The monoisotopic (exact) mass is 423 g/mol. The van der Waals surface area contributed by atoms with Gasteiger partial charge in [0.05, 0.1) is 24.5 Å². The zero-order valence-corrected chi connectivity index (χ0v) is 17.4. The molecular formula is C23H21NO5S. The zero-order chi connectivity index (χ0) is 21.3. The van der Waals surface area contributed by atoms with Gasteiger partial charge in [0.25, 0.3) is 0 Å². The highest BCUT2D eigenvalue weighted by Gasteiger charge is 2.34. The number of aryl methyl sites for hydroxylation is 1. The van der Waals surface area contributed by atoms with Gasteiger partial charge >= 0.3 is 0 Å². The van der Waals surface area contributed by atoms with Gasteiger partial charge in [-0.2, -0.15) is 0 Å². The van der Waals surface area contributed by atoms with Gasteiger partial charge in [0.15, 0.2) is 17.3 Å². The van der Waals surface area contributed by atoms with Crippen molar-refractivity contribution in [3.8, 4) is 17.2 Å². The van der Waals surface area contributed by atoms with Gasteiger partial charge in [-0.15, -0.1) is 0 Å². The third-order valence-electron chi connectivity index (χ3n) is 5.07. The fraction of sp³-hybridized carbons (Fsp3) is 0.174. The number of ketones is 1. The van der Waals surface area contributed by atoms with Crippen LogP contribution in [-0.2, 0) is 14.8 Å². The molecule has 3 aromatic carbocycles. The maximum atomic E-state index is 13.2. The minimum Gasteiger partial charge on any atom is -0.493 e. The van der Waals surface area contributed by atoms with Crippen molar-refractivity contribution in [1.82, 2.24) is 4.72 Å². The molecule has 154 valence electrons. The van der Waals surface area contributed by atoms with Gasteiger partial charge in [-0.05, 0) is 31.2 Å². The summed E-state index contributed by atoms with van der Waals surface area (Å²) in [5.74, 6) is 0.587. The van der Waals surface area contributed by atoms with Crippen LogP contribution in [0.2, 0.25) is 0 Å². The number of methoxy groups -OCH3 is 1. The summed E-state index contributed by atoms with van der Waals surface area (Å²) in [5, 5.41) is 0. The topological polar surface area (TPSA) is 81.7 Å². The molecule has 1 aliphatic rings. The molecule has 1 aliphatic heterocycles. The van der Waals surface area contributed by atoms with Crippen LogP contribution in [0.4, 0.5) is 0 Å². The Morgan fingerprint density at radius 3 is 2.43 bits per heavy atom. The van der Waals surface area contributed by atoms with E-state index in [2.05, 4.69) is 4.72 Å². The van der Waals surface area contributed by atoms with Crippen molar-refractivity contribution in [1.29, 1.82) is 0 Å². The lowest BCUT2D eigenvalue weighted by Gasteiger charge is -2.28. The van der Waals surface area contributed by atoms with E-state index in [1.807, 2.05) is 25.1 Å². The first kappa shape index (κ1) is 20.1. The Balaban J connectivity index is 1.65. The highest BCUT2D eigenvalue weighted by molar-refractivity contribution is 7.89. The summed E-state index contributed by atoms with van der Waals surface area (Å²) in [5.41, 5.74) is 2.29. The molecule has 1 heterocycles. The Labute approximate surface area is 175 Å². The first-order chi connectivity index (χ1) is 14.4. The number of rotatable bonds is 6. The average molecular weight is 423 g/mol. The Hall–Kier alpha value is -3.16. The molecule has 1 N–H and O–H groups in total. The molecule has 0 aromatic heterocycles. The van der Waals surface area contributed by atoms with Crippen molar-refractivity contribution in [2.45, 2.75) is 17.7 Å². The smallest absolute Gasteiger partial charge is 0.240 e. The largest absolute Gasteiger partial charge is 0.493 e. The van der Waals surface area contributed by atoms with E-state index < -0.39 is 15.9 Å². The quantitative estimate of drug-likeness (QED) is 0.652. The van der Waals surface area contributed by atoms with Gasteiger partial charge in [0.1, 0.15) is 5.75 Å². The van der Waals surface area contributed by atoms with Gasteiger partial charge in [0.2, 0.25) is 10.0 Å². The number of ether oxygens (including phenoxy) is 2.